The largest absolute Gasteiger partial charge is 0.480 e. The summed E-state index contributed by atoms with van der Waals surface area (Å²) in [6, 6.07) is 8.19. The van der Waals surface area contributed by atoms with E-state index in [1.54, 1.807) is 11.8 Å². The van der Waals surface area contributed by atoms with Crippen LogP contribution in [-0.4, -0.2) is 28.1 Å². The maximum absolute atomic E-state index is 11.2. The third kappa shape index (κ3) is 2.17. The molecule has 1 heterocycles. The molecule has 1 saturated heterocycles. The summed E-state index contributed by atoms with van der Waals surface area (Å²) in [7, 11) is 0. The second-order valence-electron chi connectivity index (χ2n) is 6.08. The third-order valence-corrected chi connectivity index (χ3v) is 5.66. The van der Waals surface area contributed by atoms with E-state index in [9.17, 15) is 9.90 Å². The van der Waals surface area contributed by atoms with E-state index >= 15 is 0 Å². The van der Waals surface area contributed by atoms with Gasteiger partial charge in [-0.05, 0) is 23.0 Å². The molecule has 3 atom stereocenters. The molecule has 4 heteroatoms. The molecule has 3 nitrogen and oxygen atoms in total. The first kappa shape index (κ1) is 13.0. The minimum absolute atomic E-state index is 0.169. The van der Waals surface area contributed by atoms with Crippen molar-refractivity contribution >= 4 is 17.7 Å². The van der Waals surface area contributed by atoms with Crippen LogP contribution in [0, 0.1) is 0 Å². The van der Waals surface area contributed by atoms with Crippen LogP contribution in [0.4, 0.5) is 0 Å². The molecule has 3 rings (SSSR count). The van der Waals surface area contributed by atoms with Gasteiger partial charge in [0.2, 0.25) is 0 Å². The molecule has 1 aliphatic heterocycles. The fourth-order valence-corrected chi connectivity index (χ4v) is 4.93. The van der Waals surface area contributed by atoms with Crippen LogP contribution in [-0.2, 0) is 10.2 Å². The molecule has 0 bridgehead atoms. The van der Waals surface area contributed by atoms with Crippen molar-refractivity contribution in [3.05, 3.63) is 35.4 Å². The number of carboxylic acids is 1. The van der Waals surface area contributed by atoms with Crippen LogP contribution in [0.1, 0.15) is 37.4 Å². The highest BCUT2D eigenvalue weighted by atomic mass is 32.2. The second kappa shape index (κ2) is 4.53. The number of nitrogens with one attached hydrogen (secondary N) is 1. The normalized spacial score (nSPS) is 32.2. The third-order valence-electron chi connectivity index (χ3n) is 4.26. The summed E-state index contributed by atoms with van der Waals surface area (Å²) in [5.41, 5.74) is 2.81. The number of hydrogen-bond acceptors (Lipinski definition) is 3. The molecule has 0 saturated carbocycles. The molecule has 3 unspecified atom stereocenters. The highest BCUT2D eigenvalue weighted by Gasteiger charge is 2.43. The lowest BCUT2D eigenvalue weighted by molar-refractivity contribution is -0.139. The van der Waals surface area contributed by atoms with Crippen LogP contribution in [0.15, 0.2) is 24.3 Å². The molecule has 2 aliphatic rings. The van der Waals surface area contributed by atoms with E-state index in [2.05, 4.69) is 37.4 Å². The number of aliphatic carboxylic acids is 1. The Hall–Kier alpha value is -1.00. The zero-order chi connectivity index (χ0) is 13.6. The fourth-order valence-electron chi connectivity index (χ4n) is 3.30. The number of carboxylic acid groups (broad SMARTS) is 1. The molecule has 19 heavy (non-hydrogen) atoms. The summed E-state index contributed by atoms with van der Waals surface area (Å²) in [5, 5.41) is 13.0. The molecule has 0 radical (unpaired) electrons. The van der Waals surface area contributed by atoms with Crippen LogP contribution in [0.3, 0.4) is 0 Å². The topological polar surface area (TPSA) is 49.3 Å². The maximum atomic E-state index is 11.2. The number of hydrogen-bond donors (Lipinski definition) is 2. The SMILES string of the molecule is CC1(C)CC2SCC(C(=O)O)NC2c2ccccc21. The smallest absolute Gasteiger partial charge is 0.321 e. The van der Waals surface area contributed by atoms with E-state index in [-0.39, 0.29) is 11.5 Å². The predicted octanol–water partition coefficient (Wildman–Crippen LogP) is 2.57. The van der Waals surface area contributed by atoms with Crippen molar-refractivity contribution in [3.8, 4) is 0 Å². The average Bonchev–Trinajstić information content (AvgIpc) is 2.38. The Morgan fingerprint density at radius 1 is 1.42 bits per heavy atom. The molecule has 0 spiro atoms. The maximum Gasteiger partial charge on any atom is 0.321 e. The van der Waals surface area contributed by atoms with Crippen molar-refractivity contribution < 1.29 is 9.90 Å². The molecular formula is C15H19NO2S. The van der Waals surface area contributed by atoms with Crippen molar-refractivity contribution in [1.82, 2.24) is 5.32 Å². The molecular weight excluding hydrogens is 258 g/mol. The van der Waals surface area contributed by atoms with E-state index in [1.807, 2.05) is 6.07 Å². The summed E-state index contributed by atoms with van der Waals surface area (Å²) in [4.78, 5) is 11.2. The predicted molar refractivity (Wildman–Crippen MR) is 77.6 cm³/mol. The fraction of sp³-hybridized carbons (Fsp3) is 0.533. The number of rotatable bonds is 1. The van der Waals surface area contributed by atoms with Crippen LogP contribution < -0.4 is 5.32 Å². The van der Waals surface area contributed by atoms with Gasteiger partial charge in [0.15, 0.2) is 0 Å². The van der Waals surface area contributed by atoms with Gasteiger partial charge in [-0.2, -0.15) is 11.8 Å². The molecule has 1 fully saturated rings. The van der Waals surface area contributed by atoms with E-state index in [4.69, 9.17) is 0 Å². The summed E-state index contributed by atoms with van der Waals surface area (Å²) in [5.74, 6) is -0.0809. The Bertz CT molecular complexity index is 515. The van der Waals surface area contributed by atoms with Crippen molar-refractivity contribution in [1.29, 1.82) is 0 Å². The Morgan fingerprint density at radius 3 is 2.89 bits per heavy atom. The highest BCUT2D eigenvalue weighted by molar-refractivity contribution is 8.00. The standard InChI is InChI=1S/C15H19NO2S/c1-15(2)7-12-13(9-5-3-4-6-10(9)15)16-11(8-19-12)14(17)18/h3-6,11-13,16H,7-8H2,1-2H3,(H,17,18). The van der Waals surface area contributed by atoms with Crippen LogP contribution in [0.5, 0.6) is 0 Å². The zero-order valence-electron chi connectivity index (χ0n) is 11.2. The van der Waals surface area contributed by atoms with E-state index < -0.39 is 12.0 Å². The van der Waals surface area contributed by atoms with E-state index in [1.165, 1.54) is 11.1 Å². The first-order valence-corrected chi connectivity index (χ1v) is 7.74. The lowest BCUT2D eigenvalue weighted by atomic mass is 9.70. The Kier molecular flexibility index (Phi) is 3.10. The van der Waals surface area contributed by atoms with Gasteiger partial charge in [0.1, 0.15) is 6.04 Å². The molecule has 0 aromatic heterocycles. The number of fused-ring (bicyclic) bond motifs is 3. The van der Waals surface area contributed by atoms with Gasteiger partial charge in [0.25, 0.3) is 0 Å². The van der Waals surface area contributed by atoms with Gasteiger partial charge in [-0.15, -0.1) is 0 Å². The van der Waals surface area contributed by atoms with Gasteiger partial charge >= 0.3 is 5.97 Å². The number of carbonyl (C=O) groups is 1. The highest BCUT2D eigenvalue weighted by Crippen LogP contribution is 2.47. The minimum Gasteiger partial charge on any atom is -0.480 e. The van der Waals surface area contributed by atoms with Gasteiger partial charge in [0.05, 0.1) is 0 Å². The molecule has 102 valence electrons. The number of benzene rings is 1. The summed E-state index contributed by atoms with van der Waals surface area (Å²) in [6.07, 6.45) is 1.10. The van der Waals surface area contributed by atoms with Gasteiger partial charge in [-0.25, -0.2) is 0 Å². The summed E-state index contributed by atoms with van der Waals surface area (Å²) >= 11 is 1.81. The Morgan fingerprint density at radius 2 is 2.16 bits per heavy atom. The number of thioether (sulfide) groups is 1. The van der Waals surface area contributed by atoms with Crippen molar-refractivity contribution in [2.75, 3.05) is 5.75 Å². The monoisotopic (exact) mass is 277 g/mol. The molecule has 0 amide bonds. The summed E-state index contributed by atoms with van der Waals surface area (Å²) in [6.45, 7) is 4.57. The minimum atomic E-state index is -0.742. The Labute approximate surface area is 117 Å². The molecule has 1 aromatic rings. The molecule has 2 N–H and O–H groups in total. The lowest BCUT2D eigenvalue weighted by Gasteiger charge is -2.46. The Balaban J connectivity index is 2.00. The quantitative estimate of drug-likeness (QED) is 0.828. The summed E-state index contributed by atoms with van der Waals surface area (Å²) < 4.78 is 0. The van der Waals surface area contributed by atoms with Crippen LogP contribution in [0.2, 0.25) is 0 Å². The van der Waals surface area contributed by atoms with Crippen molar-refractivity contribution in [3.63, 3.8) is 0 Å². The van der Waals surface area contributed by atoms with Gasteiger partial charge in [-0.3, -0.25) is 10.1 Å². The van der Waals surface area contributed by atoms with E-state index in [0.29, 0.717) is 11.0 Å². The average molecular weight is 277 g/mol. The van der Waals surface area contributed by atoms with Crippen molar-refractivity contribution in [2.24, 2.45) is 0 Å². The van der Waals surface area contributed by atoms with E-state index in [0.717, 1.165) is 6.42 Å². The molecule has 1 aliphatic carbocycles. The lowest BCUT2D eigenvalue weighted by Crippen LogP contribution is -2.52. The molecule has 1 aromatic carbocycles. The van der Waals surface area contributed by atoms with Crippen LogP contribution >= 0.6 is 11.8 Å². The zero-order valence-corrected chi connectivity index (χ0v) is 12.0. The van der Waals surface area contributed by atoms with Gasteiger partial charge in [-0.1, -0.05) is 38.1 Å². The van der Waals surface area contributed by atoms with Crippen molar-refractivity contribution in [2.45, 2.75) is 43.0 Å². The first-order valence-electron chi connectivity index (χ1n) is 6.69. The second-order valence-corrected chi connectivity index (χ2v) is 7.35. The van der Waals surface area contributed by atoms with Crippen LogP contribution in [0.25, 0.3) is 0 Å². The van der Waals surface area contributed by atoms with Gasteiger partial charge < -0.3 is 5.11 Å². The van der Waals surface area contributed by atoms with Gasteiger partial charge in [0, 0.05) is 17.0 Å². The first-order chi connectivity index (χ1) is 8.99.